The molecule has 0 fully saturated rings. The average molecular weight is 266 g/mol. The van der Waals surface area contributed by atoms with E-state index in [-0.39, 0.29) is 11.5 Å². The number of carbonyl (C=O) groups is 1. The van der Waals surface area contributed by atoms with E-state index in [2.05, 4.69) is 18.6 Å². The number of hydrogen-bond donors (Lipinski definition) is 2. The van der Waals surface area contributed by atoms with Crippen molar-refractivity contribution in [2.45, 2.75) is 52.4 Å². The second-order valence-electron chi connectivity index (χ2n) is 5.96. The van der Waals surface area contributed by atoms with Crippen LogP contribution in [0.25, 0.3) is 0 Å². The largest absolute Gasteiger partial charge is 0.429 e. The minimum atomic E-state index is -1.09. The van der Waals surface area contributed by atoms with Gasteiger partial charge in [0.05, 0.1) is 6.10 Å². The molecule has 0 amide bonds. The van der Waals surface area contributed by atoms with Crippen molar-refractivity contribution in [2.75, 3.05) is 0 Å². The number of aliphatic hydroxyl groups is 2. The molecule has 4 nitrogen and oxygen atoms in total. The van der Waals surface area contributed by atoms with Gasteiger partial charge in [-0.05, 0) is 43.6 Å². The van der Waals surface area contributed by atoms with Crippen LogP contribution in [0.2, 0.25) is 0 Å². The van der Waals surface area contributed by atoms with Crippen molar-refractivity contribution in [3.8, 4) is 0 Å². The molecule has 0 bridgehead atoms. The number of hydrogen-bond acceptors (Lipinski definition) is 4. The maximum absolute atomic E-state index is 11.5. The van der Waals surface area contributed by atoms with Crippen LogP contribution < -0.4 is 0 Å². The fourth-order valence-electron chi connectivity index (χ4n) is 3.04. The predicted molar refractivity (Wildman–Crippen MR) is 71.1 cm³/mol. The Morgan fingerprint density at radius 1 is 1.42 bits per heavy atom. The first-order valence-electron chi connectivity index (χ1n) is 6.79. The van der Waals surface area contributed by atoms with Crippen LogP contribution in [0.15, 0.2) is 23.3 Å². The van der Waals surface area contributed by atoms with E-state index < -0.39 is 12.3 Å². The van der Waals surface area contributed by atoms with Crippen LogP contribution in [0, 0.1) is 11.3 Å². The average Bonchev–Trinajstić information content (AvgIpc) is 2.62. The van der Waals surface area contributed by atoms with Gasteiger partial charge in [0.2, 0.25) is 6.29 Å². The highest BCUT2D eigenvalue weighted by molar-refractivity contribution is 5.90. The Kier molecular flexibility index (Phi) is 3.83. The lowest BCUT2D eigenvalue weighted by atomic mass is 9.64. The highest BCUT2D eigenvalue weighted by Gasteiger charge is 2.38. The first kappa shape index (κ1) is 14.3. The van der Waals surface area contributed by atoms with E-state index in [9.17, 15) is 15.0 Å². The molecule has 19 heavy (non-hydrogen) atoms. The molecule has 0 radical (unpaired) electrons. The second kappa shape index (κ2) is 5.10. The van der Waals surface area contributed by atoms with Crippen molar-refractivity contribution >= 4 is 5.97 Å². The number of cyclic esters (lactones) is 1. The van der Waals surface area contributed by atoms with Gasteiger partial charge in [-0.2, -0.15) is 0 Å². The lowest BCUT2D eigenvalue weighted by molar-refractivity contribution is -0.151. The van der Waals surface area contributed by atoms with Crippen molar-refractivity contribution in [1.29, 1.82) is 0 Å². The second-order valence-corrected chi connectivity index (χ2v) is 5.96. The van der Waals surface area contributed by atoms with Gasteiger partial charge in [0.25, 0.3) is 0 Å². The number of allylic oxidation sites excluding steroid dienone is 1. The fraction of sp³-hybridized carbons (Fsp3) is 0.667. The highest BCUT2D eigenvalue weighted by atomic mass is 16.6. The van der Waals surface area contributed by atoms with E-state index in [1.807, 2.05) is 13.0 Å². The molecule has 106 valence electrons. The van der Waals surface area contributed by atoms with Crippen molar-refractivity contribution in [1.82, 2.24) is 0 Å². The van der Waals surface area contributed by atoms with E-state index in [0.717, 1.165) is 12.8 Å². The molecule has 1 aliphatic carbocycles. The zero-order valence-electron chi connectivity index (χ0n) is 11.7. The lowest BCUT2D eigenvalue weighted by Crippen LogP contribution is -2.34. The quantitative estimate of drug-likeness (QED) is 0.605. The zero-order valence-corrected chi connectivity index (χ0v) is 11.7. The number of rotatable bonds is 3. The summed E-state index contributed by atoms with van der Waals surface area (Å²) >= 11 is 0. The Hall–Kier alpha value is -1.13. The molecule has 0 saturated carbocycles. The van der Waals surface area contributed by atoms with Gasteiger partial charge in [-0.25, -0.2) is 4.79 Å². The summed E-state index contributed by atoms with van der Waals surface area (Å²) in [6.07, 6.45) is 4.11. The summed E-state index contributed by atoms with van der Waals surface area (Å²) in [7, 11) is 0. The summed E-state index contributed by atoms with van der Waals surface area (Å²) in [5.41, 5.74) is 1.71. The summed E-state index contributed by atoms with van der Waals surface area (Å²) in [5, 5.41) is 19.0. The Bertz CT molecular complexity index is 437. The summed E-state index contributed by atoms with van der Waals surface area (Å²) in [6, 6.07) is 0. The van der Waals surface area contributed by atoms with Gasteiger partial charge in [0.1, 0.15) is 0 Å². The Morgan fingerprint density at radius 2 is 2.11 bits per heavy atom. The number of esters is 1. The minimum absolute atomic E-state index is 0.0199. The van der Waals surface area contributed by atoms with Gasteiger partial charge >= 0.3 is 5.97 Å². The van der Waals surface area contributed by atoms with Crippen LogP contribution in [0.3, 0.4) is 0 Å². The Labute approximate surface area is 113 Å². The molecule has 2 N–H and O–H groups in total. The number of aliphatic hydroxyl groups excluding tert-OH is 2. The monoisotopic (exact) mass is 266 g/mol. The molecule has 1 aliphatic heterocycles. The SMILES string of the molecule is CC1=C[C@H](O)C[C@@H](C)[C@]1(C)CCC1=C[C@@H](O)OC1=O. The van der Waals surface area contributed by atoms with E-state index in [0.29, 0.717) is 17.9 Å². The molecule has 4 atom stereocenters. The van der Waals surface area contributed by atoms with Gasteiger partial charge in [-0.1, -0.05) is 25.5 Å². The topological polar surface area (TPSA) is 66.8 Å². The molecule has 1 heterocycles. The lowest BCUT2D eigenvalue weighted by Gasteiger charge is -2.41. The van der Waals surface area contributed by atoms with Crippen LogP contribution in [-0.4, -0.2) is 28.6 Å². The smallest absolute Gasteiger partial charge is 0.336 e. The molecule has 4 heteroatoms. The number of carbonyl (C=O) groups excluding carboxylic acids is 1. The molecule has 0 aromatic heterocycles. The zero-order chi connectivity index (χ0) is 14.2. The third-order valence-corrected chi connectivity index (χ3v) is 4.77. The van der Waals surface area contributed by atoms with Crippen LogP contribution in [0.1, 0.15) is 40.0 Å². The van der Waals surface area contributed by atoms with Gasteiger partial charge in [-0.3, -0.25) is 0 Å². The molecule has 2 aliphatic rings. The molecule has 0 aromatic rings. The Balaban J connectivity index is 2.08. The van der Waals surface area contributed by atoms with Gasteiger partial charge in [0, 0.05) is 5.57 Å². The maximum Gasteiger partial charge on any atom is 0.336 e. The van der Waals surface area contributed by atoms with Crippen LogP contribution in [0.4, 0.5) is 0 Å². The fourth-order valence-corrected chi connectivity index (χ4v) is 3.04. The summed E-state index contributed by atoms with van der Waals surface area (Å²) in [6.45, 7) is 6.34. The Morgan fingerprint density at radius 3 is 2.63 bits per heavy atom. The van der Waals surface area contributed by atoms with E-state index in [1.54, 1.807) is 0 Å². The third kappa shape index (κ3) is 2.74. The summed E-state index contributed by atoms with van der Waals surface area (Å²) in [5.74, 6) is -0.0586. The number of ether oxygens (including phenoxy) is 1. The van der Waals surface area contributed by atoms with Crippen LogP contribution >= 0.6 is 0 Å². The molecular formula is C15H22O4. The minimum Gasteiger partial charge on any atom is -0.429 e. The van der Waals surface area contributed by atoms with E-state index >= 15 is 0 Å². The first-order chi connectivity index (χ1) is 8.83. The first-order valence-corrected chi connectivity index (χ1v) is 6.79. The molecule has 0 saturated heterocycles. The molecule has 0 unspecified atom stereocenters. The predicted octanol–water partition coefficient (Wildman–Crippen LogP) is 1.92. The standard InChI is InChI=1S/C15H22O4/c1-9-6-12(16)7-10(2)15(9,3)5-4-11-8-13(17)19-14(11)18/h6,8,10,12-13,16-17H,4-5,7H2,1-3H3/t10-,12+,13+,15-/m1/s1. The molecular weight excluding hydrogens is 244 g/mol. The summed E-state index contributed by atoms with van der Waals surface area (Å²) in [4.78, 5) is 11.5. The van der Waals surface area contributed by atoms with Crippen LogP contribution in [0.5, 0.6) is 0 Å². The molecule has 0 aromatic carbocycles. The van der Waals surface area contributed by atoms with E-state index in [4.69, 9.17) is 0 Å². The van der Waals surface area contributed by atoms with Gasteiger partial charge in [0.15, 0.2) is 0 Å². The maximum atomic E-state index is 11.5. The highest BCUT2D eigenvalue weighted by Crippen LogP contribution is 2.46. The third-order valence-electron chi connectivity index (χ3n) is 4.77. The normalized spacial score (nSPS) is 38.8. The van der Waals surface area contributed by atoms with E-state index in [1.165, 1.54) is 11.6 Å². The molecule has 0 spiro atoms. The molecule has 2 rings (SSSR count). The van der Waals surface area contributed by atoms with Crippen molar-refractivity contribution < 1.29 is 19.7 Å². The summed E-state index contributed by atoms with van der Waals surface area (Å²) < 4.78 is 4.69. The van der Waals surface area contributed by atoms with Crippen molar-refractivity contribution in [3.63, 3.8) is 0 Å². The van der Waals surface area contributed by atoms with Crippen molar-refractivity contribution in [2.24, 2.45) is 11.3 Å². The van der Waals surface area contributed by atoms with Gasteiger partial charge in [-0.15, -0.1) is 0 Å². The van der Waals surface area contributed by atoms with Crippen molar-refractivity contribution in [3.05, 3.63) is 23.3 Å². The van der Waals surface area contributed by atoms with Crippen LogP contribution in [-0.2, 0) is 9.53 Å². The van der Waals surface area contributed by atoms with Gasteiger partial charge < -0.3 is 14.9 Å².